The molecular formula is C17H8Cl4N4S. The summed E-state index contributed by atoms with van der Waals surface area (Å²) in [5, 5.41) is 17.4. The van der Waals surface area contributed by atoms with Crippen LogP contribution in [0.3, 0.4) is 0 Å². The maximum Gasteiger partial charge on any atom is 0.196 e. The van der Waals surface area contributed by atoms with E-state index in [-0.39, 0.29) is 5.71 Å². The number of anilines is 1. The first-order valence-corrected chi connectivity index (χ1v) is 9.47. The summed E-state index contributed by atoms with van der Waals surface area (Å²) in [5.41, 5.74) is 4.91. The third-order valence-corrected chi connectivity index (χ3v) is 5.39. The number of hydrogen-bond acceptors (Lipinski definition) is 5. The minimum absolute atomic E-state index is 0.123. The monoisotopic (exact) mass is 440 g/mol. The molecule has 4 nitrogen and oxygen atoms in total. The van der Waals surface area contributed by atoms with Gasteiger partial charge in [0.15, 0.2) is 10.7 Å². The van der Waals surface area contributed by atoms with Gasteiger partial charge in [-0.1, -0.05) is 58.5 Å². The average molecular weight is 442 g/mol. The zero-order valence-corrected chi connectivity index (χ0v) is 16.6. The molecule has 0 fully saturated rings. The third-order valence-electron chi connectivity index (χ3n) is 3.25. The first-order chi connectivity index (χ1) is 12.5. The van der Waals surface area contributed by atoms with Crippen LogP contribution in [0.4, 0.5) is 5.69 Å². The molecule has 0 amide bonds. The van der Waals surface area contributed by atoms with Gasteiger partial charge in [-0.05, 0) is 24.3 Å². The molecule has 26 heavy (non-hydrogen) atoms. The molecule has 0 spiro atoms. The summed E-state index contributed by atoms with van der Waals surface area (Å²) in [6.07, 6.45) is 0. The molecule has 3 aromatic rings. The normalized spacial score (nSPS) is 11.3. The molecular weight excluding hydrogens is 434 g/mol. The second kappa shape index (κ2) is 8.26. The number of nitriles is 1. The van der Waals surface area contributed by atoms with E-state index in [4.69, 9.17) is 46.4 Å². The molecule has 1 N–H and O–H groups in total. The fourth-order valence-electron chi connectivity index (χ4n) is 1.98. The Kier molecular flexibility index (Phi) is 6.02. The SMILES string of the molecule is N#CC(=NNc1cc(Cl)c(Cl)cc1Cl)c1nc(-c2ccc(Cl)cc2)cs1. The summed E-state index contributed by atoms with van der Waals surface area (Å²) in [4.78, 5) is 4.45. The molecule has 2 aromatic carbocycles. The van der Waals surface area contributed by atoms with Gasteiger partial charge in [0.2, 0.25) is 0 Å². The summed E-state index contributed by atoms with van der Waals surface area (Å²) in [6, 6.07) is 12.3. The van der Waals surface area contributed by atoms with Crippen LogP contribution in [-0.2, 0) is 0 Å². The largest absolute Gasteiger partial charge is 0.276 e. The van der Waals surface area contributed by atoms with E-state index < -0.39 is 0 Å². The summed E-state index contributed by atoms with van der Waals surface area (Å²) in [5.74, 6) is 0. The predicted octanol–water partition coefficient (Wildman–Crippen LogP) is 6.76. The number of hydrazone groups is 1. The number of benzene rings is 2. The Morgan fingerprint density at radius 3 is 2.42 bits per heavy atom. The Labute approximate surface area is 173 Å². The predicted molar refractivity (Wildman–Crippen MR) is 110 cm³/mol. The van der Waals surface area contributed by atoms with Crippen LogP contribution in [0.15, 0.2) is 46.9 Å². The highest BCUT2D eigenvalue weighted by molar-refractivity contribution is 7.12. The molecule has 0 unspecified atom stereocenters. The summed E-state index contributed by atoms with van der Waals surface area (Å²) in [7, 11) is 0. The number of halogens is 4. The van der Waals surface area contributed by atoms with Gasteiger partial charge in [0.1, 0.15) is 6.07 Å². The first-order valence-electron chi connectivity index (χ1n) is 7.08. The highest BCUT2D eigenvalue weighted by Crippen LogP contribution is 2.32. The minimum atomic E-state index is 0.123. The Bertz CT molecular complexity index is 1020. The number of hydrogen-bond donors (Lipinski definition) is 1. The van der Waals surface area contributed by atoms with Crippen LogP contribution in [0.1, 0.15) is 5.01 Å². The second-order valence-electron chi connectivity index (χ2n) is 4.97. The Hall–Kier alpha value is -1.81. The van der Waals surface area contributed by atoms with Crippen molar-refractivity contribution in [3.8, 4) is 17.3 Å². The molecule has 0 saturated heterocycles. The molecule has 1 heterocycles. The number of rotatable bonds is 4. The summed E-state index contributed by atoms with van der Waals surface area (Å²) < 4.78 is 0. The van der Waals surface area contributed by atoms with Gasteiger partial charge in [0.05, 0.1) is 26.4 Å². The van der Waals surface area contributed by atoms with Crippen LogP contribution < -0.4 is 5.43 Å². The van der Waals surface area contributed by atoms with Crippen molar-refractivity contribution in [2.75, 3.05) is 5.43 Å². The lowest BCUT2D eigenvalue weighted by atomic mass is 10.2. The van der Waals surface area contributed by atoms with E-state index in [1.54, 1.807) is 12.1 Å². The van der Waals surface area contributed by atoms with Crippen molar-refractivity contribution >= 4 is 69.1 Å². The average Bonchev–Trinajstić information content (AvgIpc) is 3.10. The quantitative estimate of drug-likeness (QED) is 0.276. The number of aromatic nitrogens is 1. The van der Waals surface area contributed by atoms with Gasteiger partial charge >= 0.3 is 0 Å². The standard InChI is InChI=1S/C17H8Cl4N4S/c18-10-3-1-9(2-4-10)16-8-26-17(23-16)15(7-22)25-24-14-6-12(20)11(19)5-13(14)21/h1-6,8,24H. The Balaban J connectivity index is 1.85. The van der Waals surface area contributed by atoms with Crippen LogP contribution in [0.5, 0.6) is 0 Å². The molecule has 1 aromatic heterocycles. The molecule has 0 aliphatic carbocycles. The first kappa shape index (κ1) is 19.0. The zero-order chi connectivity index (χ0) is 18.7. The van der Waals surface area contributed by atoms with Gasteiger partial charge in [-0.3, -0.25) is 5.43 Å². The molecule has 3 rings (SSSR count). The van der Waals surface area contributed by atoms with Crippen molar-refractivity contribution in [3.63, 3.8) is 0 Å². The van der Waals surface area contributed by atoms with E-state index in [0.717, 1.165) is 11.3 Å². The van der Waals surface area contributed by atoms with Crippen LogP contribution in [0.2, 0.25) is 20.1 Å². The van der Waals surface area contributed by atoms with Gasteiger partial charge in [-0.2, -0.15) is 10.4 Å². The van der Waals surface area contributed by atoms with E-state index in [0.29, 0.717) is 30.8 Å². The van der Waals surface area contributed by atoms with Crippen molar-refractivity contribution in [2.24, 2.45) is 5.10 Å². The molecule has 0 aliphatic heterocycles. The topological polar surface area (TPSA) is 61.1 Å². The van der Waals surface area contributed by atoms with Crippen LogP contribution >= 0.6 is 57.7 Å². The van der Waals surface area contributed by atoms with Crippen molar-refractivity contribution in [2.45, 2.75) is 0 Å². The third kappa shape index (κ3) is 4.29. The Morgan fingerprint density at radius 2 is 1.73 bits per heavy atom. The van der Waals surface area contributed by atoms with E-state index in [1.165, 1.54) is 23.5 Å². The van der Waals surface area contributed by atoms with Crippen LogP contribution in [-0.4, -0.2) is 10.7 Å². The van der Waals surface area contributed by atoms with E-state index in [2.05, 4.69) is 15.5 Å². The lowest BCUT2D eigenvalue weighted by Gasteiger charge is -2.05. The number of nitrogens with zero attached hydrogens (tertiary/aromatic N) is 3. The van der Waals surface area contributed by atoms with Gasteiger partial charge in [0.25, 0.3) is 0 Å². The summed E-state index contributed by atoms with van der Waals surface area (Å²) >= 11 is 25.2. The van der Waals surface area contributed by atoms with Gasteiger partial charge in [-0.25, -0.2) is 4.98 Å². The molecule has 0 bridgehead atoms. The maximum absolute atomic E-state index is 9.39. The van der Waals surface area contributed by atoms with Crippen LogP contribution in [0.25, 0.3) is 11.3 Å². The summed E-state index contributed by atoms with van der Waals surface area (Å²) in [6.45, 7) is 0. The lowest BCUT2D eigenvalue weighted by molar-refractivity contribution is 1.31. The maximum atomic E-state index is 9.39. The Morgan fingerprint density at radius 1 is 1.04 bits per heavy atom. The van der Waals surface area contributed by atoms with Gasteiger partial charge < -0.3 is 0 Å². The second-order valence-corrected chi connectivity index (χ2v) is 7.49. The van der Waals surface area contributed by atoms with E-state index in [9.17, 15) is 5.26 Å². The van der Waals surface area contributed by atoms with E-state index >= 15 is 0 Å². The molecule has 130 valence electrons. The smallest absolute Gasteiger partial charge is 0.196 e. The number of thiazole rings is 1. The van der Waals surface area contributed by atoms with Gasteiger partial charge in [0, 0.05) is 16.0 Å². The minimum Gasteiger partial charge on any atom is -0.276 e. The fraction of sp³-hybridized carbons (Fsp3) is 0. The van der Waals surface area contributed by atoms with Crippen molar-refractivity contribution in [3.05, 3.63) is 66.9 Å². The molecule has 0 aliphatic rings. The number of nitrogens with one attached hydrogen (secondary N) is 1. The van der Waals surface area contributed by atoms with Gasteiger partial charge in [-0.15, -0.1) is 11.3 Å². The van der Waals surface area contributed by atoms with Crippen molar-refractivity contribution < 1.29 is 0 Å². The highest BCUT2D eigenvalue weighted by atomic mass is 35.5. The zero-order valence-electron chi connectivity index (χ0n) is 12.8. The van der Waals surface area contributed by atoms with Crippen molar-refractivity contribution in [1.82, 2.24) is 4.98 Å². The molecule has 0 saturated carbocycles. The molecule has 0 atom stereocenters. The molecule has 0 radical (unpaired) electrons. The highest BCUT2D eigenvalue weighted by Gasteiger charge is 2.11. The van der Waals surface area contributed by atoms with Crippen LogP contribution in [0, 0.1) is 11.3 Å². The lowest BCUT2D eigenvalue weighted by Crippen LogP contribution is -2.02. The van der Waals surface area contributed by atoms with E-state index in [1.807, 2.05) is 23.6 Å². The van der Waals surface area contributed by atoms with Crippen molar-refractivity contribution in [1.29, 1.82) is 5.26 Å². The fourth-order valence-corrected chi connectivity index (χ4v) is 3.46. The molecule has 9 heteroatoms.